The van der Waals surface area contributed by atoms with Crippen LogP contribution in [0.4, 0.5) is 0 Å². The highest BCUT2D eigenvalue weighted by Gasteiger charge is 2.13. The van der Waals surface area contributed by atoms with Crippen LogP contribution in [0.5, 0.6) is 0 Å². The van der Waals surface area contributed by atoms with E-state index in [1.165, 1.54) is 16.3 Å². The summed E-state index contributed by atoms with van der Waals surface area (Å²) in [6, 6.07) is 5.17. The van der Waals surface area contributed by atoms with E-state index >= 15 is 0 Å². The molecule has 0 aromatic carbocycles. The fourth-order valence-electron chi connectivity index (χ4n) is 3.01. The number of aromatic nitrogens is 6. The van der Waals surface area contributed by atoms with Crippen LogP contribution < -0.4 is 11.1 Å². The van der Waals surface area contributed by atoms with Gasteiger partial charge in [-0.1, -0.05) is 25.6 Å². The summed E-state index contributed by atoms with van der Waals surface area (Å²) in [6.45, 7) is 4.71. The first-order valence-corrected chi connectivity index (χ1v) is 9.72. The summed E-state index contributed by atoms with van der Waals surface area (Å²) in [4.78, 5) is 34.5. The Morgan fingerprint density at radius 3 is 2.44 bits per heavy atom. The maximum Gasteiger partial charge on any atom is 0.266 e. The summed E-state index contributed by atoms with van der Waals surface area (Å²) >= 11 is 1.38. The molecule has 0 amide bonds. The van der Waals surface area contributed by atoms with Crippen molar-refractivity contribution in [3.05, 3.63) is 51.3 Å². The average Bonchev–Trinajstić information content (AvgIpc) is 3.12. The third-order valence-corrected chi connectivity index (χ3v) is 4.79. The molecule has 0 saturated heterocycles. The van der Waals surface area contributed by atoms with Gasteiger partial charge in [-0.05, 0) is 30.4 Å². The van der Waals surface area contributed by atoms with Gasteiger partial charge in [-0.2, -0.15) is 4.98 Å². The average molecular weight is 382 g/mol. The zero-order valence-corrected chi connectivity index (χ0v) is 15.9. The summed E-state index contributed by atoms with van der Waals surface area (Å²) < 4.78 is 3.03. The molecule has 9 heteroatoms. The Morgan fingerprint density at radius 1 is 1.07 bits per heavy atom. The Hall–Kier alpha value is -2.94. The van der Waals surface area contributed by atoms with E-state index in [1.54, 1.807) is 29.1 Å². The van der Waals surface area contributed by atoms with Gasteiger partial charge in [-0.15, -0.1) is 5.10 Å². The van der Waals surface area contributed by atoms with Gasteiger partial charge in [0.2, 0.25) is 11.1 Å². The Balaban J connectivity index is 1.95. The van der Waals surface area contributed by atoms with E-state index in [1.807, 2.05) is 26.2 Å². The predicted octanol–water partition coefficient (Wildman–Crippen LogP) is 2.20. The van der Waals surface area contributed by atoms with Crippen molar-refractivity contribution in [2.75, 3.05) is 6.26 Å². The topological polar surface area (TPSA) is 98.5 Å². The third kappa shape index (κ3) is 3.03. The van der Waals surface area contributed by atoms with Crippen LogP contribution in [0.2, 0.25) is 0 Å². The molecule has 0 aliphatic heterocycles. The second-order valence-corrected chi connectivity index (χ2v) is 7.43. The van der Waals surface area contributed by atoms with E-state index in [2.05, 4.69) is 20.2 Å². The van der Waals surface area contributed by atoms with Gasteiger partial charge >= 0.3 is 0 Å². The molecule has 4 rings (SSSR count). The van der Waals surface area contributed by atoms with Gasteiger partial charge < -0.3 is 4.57 Å². The van der Waals surface area contributed by atoms with E-state index in [0.29, 0.717) is 45.4 Å². The summed E-state index contributed by atoms with van der Waals surface area (Å²) in [6.07, 6.45) is 5.21. The first kappa shape index (κ1) is 17.5. The number of fused-ring (bicyclic) bond motifs is 2. The fourth-order valence-corrected chi connectivity index (χ4v) is 3.32. The number of pyridine rings is 3. The molecular weight excluding hydrogens is 364 g/mol. The van der Waals surface area contributed by atoms with Crippen molar-refractivity contribution in [1.29, 1.82) is 0 Å². The van der Waals surface area contributed by atoms with Gasteiger partial charge in [0.15, 0.2) is 0 Å². The monoisotopic (exact) mass is 382 g/mol. The molecule has 4 heterocycles. The smallest absolute Gasteiger partial charge is 0.266 e. The van der Waals surface area contributed by atoms with Gasteiger partial charge in [0.25, 0.3) is 11.1 Å². The molecule has 4 aromatic rings. The van der Waals surface area contributed by atoms with Crippen LogP contribution in [0.25, 0.3) is 27.8 Å². The molecule has 0 radical (unpaired) electrons. The van der Waals surface area contributed by atoms with E-state index in [9.17, 15) is 9.59 Å². The molecule has 0 atom stereocenters. The fraction of sp³-hybridized carbons (Fsp3) is 0.278. The highest BCUT2D eigenvalue weighted by Crippen LogP contribution is 2.16. The molecule has 0 bridgehead atoms. The van der Waals surface area contributed by atoms with Crippen molar-refractivity contribution < 1.29 is 0 Å². The lowest BCUT2D eigenvalue weighted by Crippen LogP contribution is -2.23. The zero-order valence-electron chi connectivity index (χ0n) is 15.1. The van der Waals surface area contributed by atoms with Crippen LogP contribution in [0.3, 0.4) is 0 Å². The van der Waals surface area contributed by atoms with Crippen LogP contribution >= 0.6 is 11.8 Å². The highest BCUT2D eigenvalue weighted by atomic mass is 32.2. The lowest BCUT2D eigenvalue weighted by atomic mass is 10.1. The molecule has 0 saturated carbocycles. The minimum absolute atomic E-state index is 0.144. The number of nitrogens with zero attached hydrogens (tertiary/aromatic N) is 5. The Morgan fingerprint density at radius 2 is 1.78 bits per heavy atom. The summed E-state index contributed by atoms with van der Waals surface area (Å²) in [7, 11) is 0. The molecular formula is C18H18N6O2S. The molecule has 1 N–H and O–H groups in total. The maximum atomic E-state index is 13.0. The predicted molar refractivity (Wildman–Crippen MR) is 106 cm³/mol. The Labute approximate surface area is 158 Å². The quantitative estimate of drug-likeness (QED) is 0.429. The summed E-state index contributed by atoms with van der Waals surface area (Å²) in [5, 5.41) is 8.13. The van der Waals surface area contributed by atoms with E-state index in [0.717, 1.165) is 0 Å². The molecule has 0 spiro atoms. The minimum atomic E-state index is -0.302. The van der Waals surface area contributed by atoms with E-state index in [-0.39, 0.29) is 11.1 Å². The van der Waals surface area contributed by atoms with Crippen molar-refractivity contribution in [3.63, 3.8) is 0 Å². The number of H-pyrrole nitrogens is 1. The van der Waals surface area contributed by atoms with Gasteiger partial charge in [0.05, 0.1) is 21.8 Å². The van der Waals surface area contributed by atoms with Crippen LogP contribution in [0, 0.1) is 5.92 Å². The largest absolute Gasteiger partial charge is 0.315 e. The van der Waals surface area contributed by atoms with Crippen molar-refractivity contribution in [2.24, 2.45) is 5.92 Å². The lowest BCUT2D eigenvalue weighted by Gasteiger charge is -2.10. The number of hydrogen-bond acceptors (Lipinski definition) is 6. The molecule has 0 aliphatic carbocycles. The van der Waals surface area contributed by atoms with Crippen LogP contribution in [-0.2, 0) is 6.54 Å². The highest BCUT2D eigenvalue weighted by molar-refractivity contribution is 7.98. The minimum Gasteiger partial charge on any atom is -0.315 e. The molecule has 27 heavy (non-hydrogen) atoms. The maximum absolute atomic E-state index is 13.0. The molecule has 4 aromatic heterocycles. The van der Waals surface area contributed by atoms with Crippen LogP contribution in [0.1, 0.15) is 13.8 Å². The first-order valence-electron chi connectivity index (χ1n) is 8.50. The van der Waals surface area contributed by atoms with Crippen molar-refractivity contribution in [2.45, 2.75) is 25.5 Å². The normalized spacial score (nSPS) is 11.7. The second kappa shape index (κ2) is 6.66. The van der Waals surface area contributed by atoms with E-state index in [4.69, 9.17) is 0 Å². The SMILES string of the molecule is CSc1n[nH]c(-n2ccc3nc4ccn(CC(C)C)c(=O)c4cc3c2=O)n1. The summed E-state index contributed by atoms with van der Waals surface area (Å²) in [5.41, 5.74) is 0.669. The number of hydrogen-bond donors (Lipinski definition) is 1. The van der Waals surface area contributed by atoms with Crippen molar-refractivity contribution in [3.8, 4) is 5.95 Å². The molecule has 0 unspecified atom stereocenters. The van der Waals surface area contributed by atoms with Gasteiger partial charge in [0, 0.05) is 18.9 Å². The first-order chi connectivity index (χ1) is 13.0. The zero-order chi connectivity index (χ0) is 19.1. The second-order valence-electron chi connectivity index (χ2n) is 6.66. The van der Waals surface area contributed by atoms with Crippen LogP contribution in [0.15, 0.2) is 45.3 Å². The lowest BCUT2D eigenvalue weighted by molar-refractivity contribution is 0.513. The Bertz CT molecular complexity index is 1270. The third-order valence-electron chi connectivity index (χ3n) is 4.24. The van der Waals surface area contributed by atoms with Gasteiger partial charge in [0.1, 0.15) is 0 Å². The van der Waals surface area contributed by atoms with Crippen LogP contribution in [-0.4, -0.2) is 35.6 Å². The number of nitrogens with one attached hydrogen (secondary N) is 1. The Kier molecular flexibility index (Phi) is 4.31. The van der Waals surface area contributed by atoms with Gasteiger partial charge in [-0.25, -0.2) is 10.1 Å². The standard InChI is InChI=1S/C18H18N6O2S/c1-10(2)9-23-6-4-13-11(15(23)25)8-12-14(19-13)5-7-24(16(12)26)17-20-18(27-3)22-21-17/h4-8,10H,9H2,1-3H3,(H,20,21,22). The number of aromatic amines is 1. The van der Waals surface area contributed by atoms with Gasteiger partial charge in [-0.3, -0.25) is 14.2 Å². The molecule has 8 nitrogen and oxygen atoms in total. The number of thioether (sulfide) groups is 1. The number of rotatable bonds is 4. The summed E-state index contributed by atoms with van der Waals surface area (Å²) in [5.74, 6) is 0.666. The molecule has 0 fully saturated rings. The molecule has 138 valence electrons. The molecule has 0 aliphatic rings. The van der Waals surface area contributed by atoms with Crippen molar-refractivity contribution in [1.82, 2.24) is 29.3 Å². The van der Waals surface area contributed by atoms with Crippen molar-refractivity contribution >= 4 is 33.6 Å². The van der Waals surface area contributed by atoms with E-state index < -0.39 is 0 Å².